The Kier molecular flexibility index (Phi) is 6.17. The molecule has 118 valence electrons. The van der Waals surface area contributed by atoms with E-state index in [9.17, 15) is 13.2 Å². The summed E-state index contributed by atoms with van der Waals surface area (Å²) in [6.45, 7) is 1.84. The second-order valence-corrected chi connectivity index (χ2v) is 7.29. The highest BCUT2D eigenvalue weighted by Gasteiger charge is 2.18. The Labute approximate surface area is 125 Å². The maximum absolute atomic E-state index is 11.9. The van der Waals surface area contributed by atoms with E-state index < -0.39 is 15.9 Å². The number of amides is 1. The number of hydrogen-bond donors (Lipinski definition) is 2. The van der Waals surface area contributed by atoms with Crippen LogP contribution in [0, 0.1) is 0 Å². The topological polar surface area (TPSA) is 98.5 Å². The molecule has 0 aliphatic carbocycles. The zero-order valence-electron chi connectivity index (χ0n) is 12.5. The van der Waals surface area contributed by atoms with Crippen LogP contribution in [0.3, 0.4) is 0 Å². The molecule has 1 aromatic rings. The molecular formula is C14H22N2O4S. The van der Waals surface area contributed by atoms with Crippen LogP contribution in [0.25, 0.3) is 0 Å². The van der Waals surface area contributed by atoms with E-state index in [1.54, 1.807) is 7.11 Å². The highest BCUT2D eigenvalue weighted by atomic mass is 32.2. The summed E-state index contributed by atoms with van der Waals surface area (Å²) in [4.78, 5) is 11.9. The van der Waals surface area contributed by atoms with Gasteiger partial charge in [0.1, 0.15) is 15.6 Å². The molecule has 6 nitrogen and oxygen atoms in total. The molecule has 0 bridgehead atoms. The molecule has 0 radical (unpaired) electrons. The summed E-state index contributed by atoms with van der Waals surface area (Å²) in [6.07, 6.45) is 1.23. The molecule has 0 heterocycles. The first kappa shape index (κ1) is 17.5. The lowest BCUT2D eigenvalue weighted by Gasteiger charge is -2.18. The molecule has 3 N–H and O–H groups in total. The maximum Gasteiger partial charge on any atom is 0.237 e. The van der Waals surface area contributed by atoms with E-state index in [4.69, 9.17) is 10.5 Å². The highest BCUT2D eigenvalue weighted by Crippen LogP contribution is 2.17. The number of nitrogens with one attached hydrogen (secondary N) is 1. The van der Waals surface area contributed by atoms with Gasteiger partial charge in [-0.2, -0.15) is 0 Å². The standard InChI is InChI=1S/C14H22N2O4S/c1-10(11-4-6-12(20-2)7-5-11)16-14(17)13(15)8-9-21(3,18)19/h4-7,10,13H,8-9,15H2,1-3H3,(H,16,17). The van der Waals surface area contributed by atoms with Crippen LogP contribution in [0.1, 0.15) is 24.9 Å². The van der Waals surface area contributed by atoms with Gasteiger partial charge in [-0.3, -0.25) is 4.79 Å². The van der Waals surface area contributed by atoms with Gasteiger partial charge in [0.2, 0.25) is 5.91 Å². The quantitative estimate of drug-likeness (QED) is 0.769. The number of nitrogens with two attached hydrogens (primary N) is 1. The number of carbonyl (C=O) groups is 1. The van der Waals surface area contributed by atoms with Crippen LogP contribution in [0.15, 0.2) is 24.3 Å². The van der Waals surface area contributed by atoms with Crippen molar-refractivity contribution in [2.75, 3.05) is 19.1 Å². The third-order valence-corrected chi connectivity index (χ3v) is 4.09. The van der Waals surface area contributed by atoms with E-state index in [1.807, 2.05) is 31.2 Å². The number of ether oxygens (including phenoxy) is 1. The Morgan fingerprint density at radius 3 is 2.38 bits per heavy atom. The predicted octanol–water partition coefficient (Wildman–Crippen LogP) is 0.634. The fourth-order valence-corrected chi connectivity index (χ4v) is 2.45. The predicted molar refractivity (Wildman–Crippen MR) is 81.9 cm³/mol. The van der Waals surface area contributed by atoms with Gasteiger partial charge in [-0.25, -0.2) is 8.42 Å². The summed E-state index contributed by atoms with van der Waals surface area (Å²) < 4.78 is 27.2. The number of sulfone groups is 1. The van der Waals surface area contributed by atoms with Crippen molar-refractivity contribution in [1.82, 2.24) is 5.32 Å². The van der Waals surface area contributed by atoms with Gasteiger partial charge in [0.05, 0.1) is 24.9 Å². The van der Waals surface area contributed by atoms with Gasteiger partial charge in [-0.1, -0.05) is 12.1 Å². The van der Waals surface area contributed by atoms with Gasteiger partial charge >= 0.3 is 0 Å². The van der Waals surface area contributed by atoms with Gasteiger partial charge in [-0.15, -0.1) is 0 Å². The first-order valence-electron chi connectivity index (χ1n) is 6.60. The van der Waals surface area contributed by atoms with E-state index in [0.717, 1.165) is 17.6 Å². The van der Waals surface area contributed by atoms with Crippen molar-refractivity contribution in [1.29, 1.82) is 0 Å². The van der Waals surface area contributed by atoms with Gasteiger partial charge in [0.25, 0.3) is 0 Å². The fourth-order valence-electron chi connectivity index (χ4n) is 1.77. The average Bonchev–Trinajstić information content (AvgIpc) is 2.43. The summed E-state index contributed by atoms with van der Waals surface area (Å²) >= 11 is 0. The summed E-state index contributed by atoms with van der Waals surface area (Å²) in [7, 11) is -1.53. The van der Waals surface area contributed by atoms with Crippen LogP contribution in [0.5, 0.6) is 5.75 Å². The van der Waals surface area contributed by atoms with Gasteiger partial charge in [-0.05, 0) is 31.0 Å². The molecule has 0 aliphatic heterocycles. The molecule has 7 heteroatoms. The molecule has 1 rings (SSSR count). The lowest BCUT2D eigenvalue weighted by Crippen LogP contribution is -2.42. The highest BCUT2D eigenvalue weighted by molar-refractivity contribution is 7.90. The zero-order chi connectivity index (χ0) is 16.0. The van der Waals surface area contributed by atoms with Crippen molar-refractivity contribution in [3.05, 3.63) is 29.8 Å². The Balaban J connectivity index is 2.56. The summed E-state index contributed by atoms with van der Waals surface area (Å²) in [5.41, 5.74) is 6.62. The summed E-state index contributed by atoms with van der Waals surface area (Å²) in [6, 6.07) is 6.27. The minimum absolute atomic E-state index is 0.0987. The zero-order valence-corrected chi connectivity index (χ0v) is 13.3. The van der Waals surface area contributed by atoms with Crippen LogP contribution < -0.4 is 15.8 Å². The van der Waals surface area contributed by atoms with Crippen LogP contribution in [-0.4, -0.2) is 39.5 Å². The molecule has 21 heavy (non-hydrogen) atoms. The number of benzene rings is 1. The lowest BCUT2D eigenvalue weighted by atomic mass is 10.1. The Hall–Kier alpha value is -1.60. The van der Waals surface area contributed by atoms with E-state index in [0.29, 0.717) is 0 Å². The summed E-state index contributed by atoms with van der Waals surface area (Å²) in [5, 5.41) is 2.77. The summed E-state index contributed by atoms with van der Waals surface area (Å²) in [5.74, 6) is 0.280. The molecule has 1 aromatic carbocycles. The molecule has 0 saturated carbocycles. The van der Waals surface area contributed by atoms with Crippen molar-refractivity contribution in [3.8, 4) is 5.75 Å². The normalized spacial score (nSPS) is 14.3. The number of carbonyl (C=O) groups excluding carboxylic acids is 1. The molecule has 0 aromatic heterocycles. The van der Waals surface area contributed by atoms with E-state index in [1.165, 1.54) is 0 Å². The van der Waals surface area contributed by atoms with Crippen LogP contribution in [0.2, 0.25) is 0 Å². The number of rotatable bonds is 7. The van der Waals surface area contributed by atoms with E-state index >= 15 is 0 Å². The molecule has 0 spiro atoms. The van der Waals surface area contributed by atoms with E-state index in [-0.39, 0.29) is 24.1 Å². The smallest absolute Gasteiger partial charge is 0.237 e. The first-order chi connectivity index (χ1) is 9.73. The third kappa shape index (κ3) is 6.14. The van der Waals surface area contributed by atoms with Crippen molar-refractivity contribution >= 4 is 15.7 Å². The minimum atomic E-state index is -3.11. The van der Waals surface area contributed by atoms with Crippen LogP contribution in [-0.2, 0) is 14.6 Å². The molecule has 0 aliphatic rings. The second kappa shape index (κ2) is 7.42. The monoisotopic (exact) mass is 314 g/mol. The Morgan fingerprint density at radius 2 is 1.90 bits per heavy atom. The molecule has 0 fully saturated rings. The third-order valence-electron chi connectivity index (χ3n) is 3.11. The van der Waals surface area contributed by atoms with Crippen molar-refractivity contribution in [2.24, 2.45) is 5.73 Å². The first-order valence-corrected chi connectivity index (χ1v) is 8.66. The van der Waals surface area contributed by atoms with Crippen LogP contribution >= 0.6 is 0 Å². The molecule has 2 atom stereocenters. The molecule has 2 unspecified atom stereocenters. The van der Waals surface area contributed by atoms with Crippen molar-refractivity contribution < 1.29 is 17.9 Å². The minimum Gasteiger partial charge on any atom is -0.497 e. The SMILES string of the molecule is COc1ccc(C(C)NC(=O)C(N)CCS(C)(=O)=O)cc1. The van der Waals surface area contributed by atoms with Gasteiger partial charge in [0.15, 0.2) is 0 Å². The van der Waals surface area contributed by atoms with Crippen LogP contribution in [0.4, 0.5) is 0 Å². The fraction of sp³-hybridized carbons (Fsp3) is 0.500. The largest absolute Gasteiger partial charge is 0.497 e. The molecule has 1 amide bonds. The van der Waals surface area contributed by atoms with Gasteiger partial charge in [0, 0.05) is 6.26 Å². The van der Waals surface area contributed by atoms with Crippen molar-refractivity contribution in [3.63, 3.8) is 0 Å². The Morgan fingerprint density at radius 1 is 1.33 bits per heavy atom. The second-order valence-electron chi connectivity index (χ2n) is 5.03. The van der Waals surface area contributed by atoms with E-state index in [2.05, 4.69) is 5.32 Å². The number of methoxy groups -OCH3 is 1. The lowest BCUT2D eigenvalue weighted by molar-refractivity contribution is -0.123. The number of hydrogen-bond acceptors (Lipinski definition) is 5. The Bertz CT molecular complexity index is 569. The molecule has 0 saturated heterocycles. The average molecular weight is 314 g/mol. The maximum atomic E-state index is 11.9. The molecular weight excluding hydrogens is 292 g/mol. The van der Waals surface area contributed by atoms with Crippen molar-refractivity contribution in [2.45, 2.75) is 25.4 Å². The van der Waals surface area contributed by atoms with Gasteiger partial charge < -0.3 is 15.8 Å².